The van der Waals surface area contributed by atoms with Gasteiger partial charge in [-0.1, -0.05) is 32.0 Å². The zero-order chi connectivity index (χ0) is 15.0. The lowest BCUT2D eigenvalue weighted by molar-refractivity contribution is -0.120. The second kappa shape index (κ2) is 5.88. The number of carbonyl (C=O) groups excluding carboxylic acids is 1. The number of rotatable bonds is 3. The smallest absolute Gasteiger partial charge is 0.230 e. The first kappa shape index (κ1) is 15.3. The fourth-order valence-corrected chi connectivity index (χ4v) is 7.02. The van der Waals surface area contributed by atoms with Crippen molar-refractivity contribution in [2.24, 2.45) is 17.3 Å². The summed E-state index contributed by atoms with van der Waals surface area (Å²) in [4.78, 5) is 14.7. The number of carbonyl (C=O) groups is 1. The predicted molar refractivity (Wildman–Crippen MR) is 93.9 cm³/mol. The SMILES string of the molecule is CN(C(=O)C1C(C2SCCCS2)C1(C)C)c1ccccc1. The largest absolute Gasteiger partial charge is 0.315 e. The molecule has 3 rings (SSSR count). The molecule has 2 nitrogen and oxygen atoms in total. The first-order valence-corrected chi connectivity index (χ1v) is 9.69. The van der Waals surface area contributed by atoms with Crippen molar-refractivity contribution in [3.63, 3.8) is 0 Å². The number of anilines is 1. The molecule has 2 unspecified atom stereocenters. The Kier molecular flexibility index (Phi) is 4.28. The molecular formula is C17H23NOS2. The maximum Gasteiger partial charge on any atom is 0.230 e. The molecule has 0 N–H and O–H groups in total. The van der Waals surface area contributed by atoms with Crippen LogP contribution in [0.15, 0.2) is 30.3 Å². The van der Waals surface area contributed by atoms with Gasteiger partial charge in [-0.25, -0.2) is 0 Å². The summed E-state index contributed by atoms with van der Waals surface area (Å²) in [6, 6.07) is 9.97. The van der Waals surface area contributed by atoms with E-state index in [9.17, 15) is 4.79 Å². The molecule has 1 aromatic rings. The van der Waals surface area contributed by atoms with Crippen LogP contribution in [-0.4, -0.2) is 29.0 Å². The minimum absolute atomic E-state index is 0.141. The van der Waals surface area contributed by atoms with E-state index in [0.29, 0.717) is 10.5 Å². The highest BCUT2D eigenvalue weighted by atomic mass is 32.2. The molecule has 2 fully saturated rings. The maximum atomic E-state index is 12.9. The highest BCUT2D eigenvalue weighted by Crippen LogP contribution is 2.65. The molecule has 1 aliphatic heterocycles. The van der Waals surface area contributed by atoms with E-state index >= 15 is 0 Å². The van der Waals surface area contributed by atoms with Gasteiger partial charge in [0.05, 0.1) is 4.58 Å². The lowest BCUT2D eigenvalue weighted by Crippen LogP contribution is -2.29. The number of nitrogens with zero attached hydrogens (tertiary/aromatic N) is 1. The lowest BCUT2D eigenvalue weighted by atomic mass is 10.1. The Labute approximate surface area is 136 Å². The summed E-state index contributed by atoms with van der Waals surface area (Å²) in [7, 11) is 1.91. The summed E-state index contributed by atoms with van der Waals surface area (Å²) >= 11 is 4.11. The third-order valence-electron chi connectivity index (χ3n) is 4.80. The fraction of sp³-hybridized carbons (Fsp3) is 0.588. The quantitative estimate of drug-likeness (QED) is 0.835. The van der Waals surface area contributed by atoms with Crippen molar-refractivity contribution in [1.82, 2.24) is 0 Å². The summed E-state index contributed by atoms with van der Waals surface area (Å²) in [5.41, 5.74) is 1.13. The van der Waals surface area contributed by atoms with Crippen LogP contribution in [0.4, 0.5) is 5.69 Å². The van der Waals surface area contributed by atoms with Crippen LogP contribution in [0.3, 0.4) is 0 Å². The average Bonchev–Trinajstić information content (AvgIpc) is 3.10. The second-order valence-corrected chi connectivity index (χ2v) is 9.32. The van der Waals surface area contributed by atoms with Crippen LogP contribution < -0.4 is 4.90 Å². The van der Waals surface area contributed by atoms with E-state index in [1.807, 2.05) is 42.3 Å². The lowest BCUT2D eigenvalue weighted by Gasteiger charge is -2.22. The first-order chi connectivity index (χ1) is 10.0. The summed E-state index contributed by atoms with van der Waals surface area (Å²) in [5, 5.41) is 0. The van der Waals surface area contributed by atoms with Crippen molar-refractivity contribution in [2.45, 2.75) is 24.9 Å². The molecule has 0 aromatic heterocycles. The molecular weight excluding hydrogens is 298 g/mol. The normalized spacial score (nSPS) is 28.1. The van der Waals surface area contributed by atoms with Crippen molar-refractivity contribution in [3.8, 4) is 0 Å². The maximum absolute atomic E-state index is 12.9. The summed E-state index contributed by atoms with van der Waals surface area (Å²) in [6.07, 6.45) is 1.31. The van der Waals surface area contributed by atoms with E-state index in [1.165, 1.54) is 17.9 Å². The van der Waals surface area contributed by atoms with Crippen LogP contribution in [0.25, 0.3) is 0 Å². The van der Waals surface area contributed by atoms with Gasteiger partial charge in [0.25, 0.3) is 0 Å². The van der Waals surface area contributed by atoms with Gasteiger partial charge >= 0.3 is 0 Å². The van der Waals surface area contributed by atoms with Crippen molar-refractivity contribution < 1.29 is 4.79 Å². The van der Waals surface area contributed by atoms with Crippen molar-refractivity contribution in [3.05, 3.63) is 30.3 Å². The molecule has 4 heteroatoms. The van der Waals surface area contributed by atoms with E-state index in [0.717, 1.165) is 5.69 Å². The van der Waals surface area contributed by atoms with Crippen LogP contribution in [0.1, 0.15) is 20.3 Å². The predicted octanol–water partition coefficient (Wildman–Crippen LogP) is 4.12. The van der Waals surface area contributed by atoms with Crippen LogP contribution in [-0.2, 0) is 4.79 Å². The molecule has 2 aliphatic rings. The van der Waals surface area contributed by atoms with E-state index in [2.05, 4.69) is 37.4 Å². The van der Waals surface area contributed by atoms with Crippen LogP contribution in [0.5, 0.6) is 0 Å². The summed E-state index contributed by atoms with van der Waals surface area (Å²) in [5.74, 6) is 3.47. The molecule has 1 aromatic carbocycles. The Morgan fingerprint density at radius 3 is 2.43 bits per heavy atom. The van der Waals surface area contributed by atoms with E-state index in [-0.39, 0.29) is 17.2 Å². The molecule has 0 bridgehead atoms. The van der Waals surface area contributed by atoms with Gasteiger partial charge in [-0.15, -0.1) is 23.5 Å². The Hall–Kier alpha value is -0.610. The van der Waals surface area contributed by atoms with Gasteiger partial charge in [-0.05, 0) is 41.4 Å². The molecule has 1 amide bonds. The second-order valence-electron chi connectivity index (χ2n) is 6.52. The van der Waals surface area contributed by atoms with Crippen LogP contribution >= 0.6 is 23.5 Å². The Morgan fingerprint density at radius 1 is 1.19 bits per heavy atom. The molecule has 0 spiro atoms. The number of thioether (sulfide) groups is 2. The van der Waals surface area contributed by atoms with E-state index in [4.69, 9.17) is 0 Å². The van der Waals surface area contributed by atoms with Gasteiger partial charge in [0.15, 0.2) is 0 Å². The molecule has 114 valence electrons. The molecule has 2 atom stereocenters. The minimum Gasteiger partial charge on any atom is -0.315 e. The highest BCUT2D eigenvalue weighted by Gasteiger charge is 2.65. The van der Waals surface area contributed by atoms with Gasteiger partial charge < -0.3 is 4.90 Å². The molecule has 1 heterocycles. The molecule has 0 radical (unpaired) electrons. The van der Waals surface area contributed by atoms with Crippen molar-refractivity contribution in [1.29, 1.82) is 0 Å². The van der Waals surface area contributed by atoms with Gasteiger partial charge in [-0.2, -0.15) is 0 Å². The zero-order valence-corrected chi connectivity index (χ0v) is 14.5. The van der Waals surface area contributed by atoms with Gasteiger partial charge in [-0.3, -0.25) is 4.79 Å². The van der Waals surface area contributed by atoms with Crippen LogP contribution in [0, 0.1) is 17.3 Å². The number of para-hydroxylation sites is 1. The number of hydrogen-bond acceptors (Lipinski definition) is 3. The molecule has 1 saturated carbocycles. The van der Waals surface area contributed by atoms with Crippen molar-refractivity contribution in [2.75, 3.05) is 23.5 Å². The molecule has 21 heavy (non-hydrogen) atoms. The number of hydrogen-bond donors (Lipinski definition) is 0. The average molecular weight is 322 g/mol. The summed E-state index contributed by atoms with van der Waals surface area (Å²) in [6.45, 7) is 4.52. The highest BCUT2D eigenvalue weighted by molar-refractivity contribution is 8.17. The molecule has 1 saturated heterocycles. The Morgan fingerprint density at radius 2 is 1.81 bits per heavy atom. The first-order valence-electron chi connectivity index (χ1n) is 7.59. The fourth-order valence-electron chi connectivity index (χ4n) is 3.36. The zero-order valence-electron chi connectivity index (χ0n) is 12.9. The van der Waals surface area contributed by atoms with E-state index < -0.39 is 0 Å². The third-order valence-corrected chi connectivity index (χ3v) is 7.91. The topological polar surface area (TPSA) is 20.3 Å². The van der Waals surface area contributed by atoms with E-state index in [1.54, 1.807) is 0 Å². The van der Waals surface area contributed by atoms with Gasteiger partial charge in [0, 0.05) is 18.7 Å². The monoisotopic (exact) mass is 321 g/mol. The van der Waals surface area contributed by atoms with Gasteiger partial charge in [0.1, 0.15) is 0 Å². The third kappa shape index (κ3) is 2.85. The van der Waals surface area contributed by atoms with Crippen LogP contribution in [0.2, 0.25) is 0 Å². The standard InChI is InChI=1S/C17H23NOS2/c1-17(2)13(14(17)16-20-10-7-11-21-16)15(19)18(3)12-8-5-4-6-9-12/h4-6,8-9,13-14,16H,7,10-11H2,1-3H3. The Bertz CT molecular complexity index is 511. The van der Waals surface area contributed by atoms with Gasteiger partial charge in [0.2, 0.25) is 5.91 Å². The minimum atomic E-state index is 0.141. The van der Waals surface area contributed by atoms with Crippen molar-refractivity contribution >= 4 is 35.1 Å². The summed E-state index contributed by atoms with van der Waals surface area (Å²) < 4.78 is 0.604. The molecule has 1 aliphatic carbocycles. The number of amides is 1. The number of benzene rings is 1. The Balaban J connectivity index is 1.73.